The van der Waals surface area contributed by atoms with Crippen molar-refractivity contribution in [2.24, 2.45) is 0 Å². The summed E-state index contributed by atoms with van der Waals surface area (Å²) in [6, 6.07) is 10.9. The van der Waals surface area contributed by atoms with Crippen molar-refractivity contribution >= 4 is 37.1 Å². The third kappa shape index (κ3) is 7.17. The van der Waals surface area contributed by atoms with Gasteiger partial charge in [0, 0.05) is 35.8 Å². The first kappa shape index (κ1) is 27.1. The Bertz CT molecular complexity index is 1250. The van der Waals surface area contributed by atoms with Crippen LogP contribution >= 0.6 is 11.6 Å². The lowest BCUT2D eigenvalue weighted by molar-refractivity contribution is 0.578. The van der Waals surface area contributed by atoms with E-state index >= 15 is 0 Å². The van der Waals surface area contributed by atoms with Crippen LogP contribution in [0.25, 0.3) is 0 Å². The number of benzene rings is 2. The van der Waals surface area contributed by atoms with Gasteiger partial charge in [0.25, 0.3) is 0 Å². The van der Waals surface area contributed by atoms with Crippen LogP contribution in [0.1, 0.15) is 32.8 Å². The maximum absolute atomic E-state index is 12.6. The quantitative estimate of drug-likeness (QED) is 0.355. The molecule has 6 nitrogen and oxygen atoms in total. The van der Waals surface area contributed by atoms with E-state index in [4.69, 9.17) is 11.6 Å². The van der Waals surface area contributed by atoms with Gasteiger partial charge in [0.1, 0.15) is 0 Å². The van der Waals surface area contributed by atoms with Crippen LogP contribution in [0.2, 0.25) is 5.02 Å². The van der Waals surface area contributed by atoms with Crippen LogP contribution in [0.5, 0.6) is 0 Å². The maximum Gasteiger partial charge on any atom is 0.240 e. The number of sulfone groups is 1. The van der Waals surface area contributed by atoms with Gasteiger partial charge in [-0.25, -0.2) is 21.6 Å². The lowest BCUT2D eigenvalue weighted by Crippen LogP contribution is -2.30. The van der Waals surface area contributed by atoms with Gasteiger partial charge >= 0.3 is 0 Å². The van der Waals surface area contributed by atoms with Gasteiger partial charge in [0.15, 0.2) is 9.84 Å². The van der Waals surface area contributed by atoms with Gasteiger partial charge in [-0.3, -0.25) is 0 Å². The second kappa shape index (κ2) is 11.3. The van der Waals surface area contributed by atoms with Gasteiger partial charge in [-0.05, 0) is 81.7 Å². The Morgan fingerprint density at radius 1 is 1.00 bits per heavy atom. The standard InChI is InChI=1S/C24H31ClN2O4S2/c1-6-18(3)23(7-2)27(24-17-20(25)10-9-19(24)4)16-8-15-26-33(30,31)22-13-11-21(12-14-22)32(5,28)29/h6-7,9-14,17,26H,8,15-16H2,1-5H3. The number of nitrogens with zero attached hydrogens (tertiary/aromatic N) is 1. The maximum atomic E-state index is 12.6. The van der Waals surface area contributed by atoms with Crippen molar-refractivity contribution in [1.82, 2.24) is 4.72 Å². The normalized spacial score (nSPS) is 13.3. The molecule has 0 aliphatic rings. The average molecular weight is 511 g/mol. The molecular weight excluding hydrogens is 480 g/mol. The molecule has 0 unspecified atom stereocenters. The summed E-state index contributed by atoms with van der Waals surface area (Å²) < 4.78 is 51.1. The number of hydrogen-bond donors (Lipinski definition) is 1. The molecule has 0 amide bonds. The molecule has 0 saturated heterocycles. The first-order valence-electron chi connectivity index (χ1n) is 10.5. The number of halogens is 1. The number of aryl methyl sites for hydroxylation is 1. The summed E-state index contributed by atoms with van der Waals surface area (Å²) in [5.74, 6) is 0. The van der Waals surface area contributed by atoms with E-state index < -0.39 is 19.9 Å². The van der Waals surface area contributed by atoms with E-state index in [9.17, 15) is 16.8 Å². The molecule has 0 aromatic heterocycles. The number of rotatable bonds is 10. The predicted molar refractivity (Wildman–Crippen MR) is 136 cm³/mol. The number of allylic oxidation sites excluding steroid dienone is 3. The molecule has 1 N–H and O–H groups in total. The Morgan fingerprint density at radius 3 is 2.15 bits per heavy atom. The SMILES string of the molecule is CC=C(C)C(=CC)N(CCCNS(=O)(=O)c1ccc(S(C)(=O)=O)cc1)c1cc(Cl)ccc1C. The van der Waals surface area contributed by atoms with Crippen molar-refractivity contribution in [2.75, 3.05) is 24.2 Å². The molecule has 9 heteroatoms. The van der Waals surface area contributed by atoms with Crippen LogP contribution in [-0.4, -0.2) is 36.2 Å². The summed E-state index contributed by atoms with van der Waals surface area (Å²) >= 11 is 6.26. The van der Waals surface area contributed by atoms with Crippen molar-refractivity contribution in [3.8, 4) is 0 Å². The Kier molecular flexibility index (Phi) is 9.31. The monoisotopic (exact) mass is 510 g/mol. The largest absolute Gasteiger partial charge is 0.341 e. The minimum Gasteiger partial charge on any atom is -0.341 e. The van der Waals surface area contributed by atoms with Crippen molar-refractivity contribution in [1.29, 1.82) is 0 Å². The fraction of sp³-hybridized carbons (Fsp3) is 0.333. The van der Waals surface area contributed by atoms with Crippen molar-refractivity contribution < 1.29 is 16.8 Å². The van der Waals surface area contributed by atoms with Crippen LogP contribution in [0.4, 0.5) is 5.69 Å². The second-order valence-corrected chi connectivity index (χ2v) is 11.9. The molecule has 0 fully saturated rings. The second-order valence-electron chi connectivity index (χ2n) is 7.72. The van der Waals surface area contributed by atoms with Crippen molar-refractivity contribution in [3.05, 3.63) is 76.5 Å². The van der Waals surface area contributed by atoms with E-state index in [1.807, 2.05) is 58.0 Å². The summed E-state index contributed by atoms with van der Waals surface area (Å²) in [7, 11) is -7.15. The Balaban J connectivity index is 2.17. The van der Waals surface area contributed by atoms with Gasteiger partial charge in [-0.1, -0.05) is 29.8 Å². The third-order valence-corrected chi connectivity index (χ3v) is 8.12. The zero-order valence-electron chi connectivity index (χ0n) is 19.6. The number of sulfonamides is 1. The minimum absolute atomic E-state index is 0.0244. The van der Waals surface area contributed by atoms with Crippen molar-refractivity contribution in [3.63, 3.8) is 0 Å². The van der Waals surface area contributed by atoms with Gasteiger partial charge in [0.2, 0.25) is 10.0 Å². The number of nitrogens with one attached hydrogen (secondary N) is 1. The lowest BCUT2D eigenvalue weighted by Gasteiger charge is -2.30. The Labute approximate surface area is 202 Å². The highest BCUT2D eigenvalue weighted by molar-refractivity contribution is 7.90. The van der Waals surface area contributed by atoms with Gasteiger partial charge < -0.3 is 4.90 Å². The summed E-state index contributed by atoms with van der Waals surface area (Å²) in [6.45, 7) is 8.79. The molecule has 0 bridgehead atoms. The fourth-order valence-electron chi connectivity index (χ4n) is 3.38. The smallest absolute Gasteiger partial charge is 0.240 e. The molecule has 0 saturated carbocycles. The number of anilines is 1. The van der Waals surface area contributed by atoms with E-state index in [1.54, 1.807) is 0 Å². The highest BCUT2D eigenvalue weighted by atomic mass is 35.5. The van der Waals surface area contributed by atoms with E-state index in [-0.39, 0.29) is 16.3 Å². The van der Waals surface area contributed by atoms with Gasteiger partial charge in [-0.15, -0.1) is 0 Å². The summed E-state index contributed by atoms with van der Waals surface area (Å²) in [6.07, 6.45) is 5.69. The molecule has 2 aromatic carbocycles. The molecule has 0 radical (unpaired) electrons. The highest BCUT2D eigenvalue weighted by Crippen LogP contribution is 2.30. The van der Waals surface area contributed by atoms with E-state index in [0.717, 1.165) is 28.8 Å². The van der Waals surface area contributed by atoms with Crippen molar-refractivity contribution in [2.45, 2.75) is 43.9 Å². The molecule has 180 valence electrons. The third-order valence-electron chi connectivity index (χ3n) is 5.28. The number of hydrogen-bond acceptors (Lipinski definition) is 5. The molecule has 0 atom stereocenters. The summed E-state index contributed by atoms with van der Waals surface area (Å²) in [5, 5.41) is 0.632. The molecule has 2 aromatic rings. The topological polar surface area (TPSA) is 83.6 Å². The van der Waals surface area contributed by atoms with E-state index in [1.165, 1.54) is 24.3 Å². The van der Waals surface area contributed by atoms with Crippen LogP contribution in [-0.2, 0) is 19.9 Å². The highest BCUT2D eigenvalue weighted by Gasteiger charge is 2.18. The van der Waals surface area contributed by atoms with E-state index in [2.05, 4.69) is 9.62 Å². The molecule has 0 heterocycles. The molecule has 33 heavy (non-hydrogen) atoms. The first-order valence-corrected chi connectivity index (χ1v) is 14.3. The lowest BCUT2D eigenvalue weighted by atomic mass is 10.1. The molecule has 0 aliphatic heterocycles. The zero-order valence-corrected chi connectivity index (χ0v) is 22.0. The van der Waals surface area contributed by atoms with E-state index in [0.29, 0.717) is 18.0 Å². The molecule has 2 rings (SSSR count). The Morgan fingerprint density at radius 2 is 1.61 bits per heavy atom. The summed E-state index contributed by atoms with van der Waals surface area (Å²) in [4.78, 5) is 2.25. The Hall–Kier alpha value is -2.13. The average Bonchev–Trinajstić information content (AvgIpc) is 2.76. The van der Waals surface area contributed by atoms with Crippen LogP contribution in [0, 0.1) is 6.92 Å². The predicted octanol–water partition coefficient (Wildman–Crippen LogP) is 5.10. The molecular formula is C24H31ClN2O4S2. The fourth-order valence-corrected chi connectivity index (χ4v) is 5.25. The van der Waals surface area contributed by atoms with Crippen LogP contribution < -0.4 is 9.62 Å². The minimum atomic E-state index is -3.76. The summed E-state index contributed by atoms with van der Waals surface area (Å²) in [5.41, 5.74) is 4.16. The van der Waals surface area contributed by atoms with Crippen LogP contribution in [0.3, 0.4) is 0 Å². The van der Waals surface area contributed by atoms with Gasteiger partial charge in [0.05, 0.1) is 9.79 Å². The van der Waals surface area contributed by atoms with Crippen LogP contribution in [0.15, 0.2) is 75.7 Å². The first-order chi connectivity index (χ1) is 15.4. The zero-order chi connectivity index (χ0) is 24.8. The molecule has 0 spiro atoms. The molecule has 0 aliphatic carbocycles. The van der Waals surface area contributed by atoms with Gasteiger partial charge in [-0.2, -0.15) is 0 Å².